The molecule has 0 saturated heterocycles. The van der Waals surface area contributed by atoms with Crippen LogP contribution in [0, 0.1) is 5.41 Å². The van der Waals surface area contributed by atoms with Crippen molar-refractivity contribution in [3.8, 4) is 0 Å². The molecule has 1 aromatic heterocycles. The molecule has 106 valence electrons. The first-order chi connectivity index (χ1) is 8.93. The maximum Gasteiger partial charge on any atom is 0.283 e. The van der Waals surface area contributed by atoms with E-state index in [0.29, 0.717) is 22.5 Å². The number of hydrogen-bond acceptors (Lipinski definition) is 3. The van der Waals surface area contributed by atoms with Gasteiger partial charge in [0.1, 0.15) is 4.47 Å². The summed E-state index contributed by atoms with van der Waals surface area (Å²) >= 11 is 3.39. The molecule has 5 heteroatoms. The lowest BCUT2D eigenvalue weighted by Crippen LogP contribution is -2.31. The zero-order valence-corrected chi connectivity index (χ0v) is 13.5. The lowest BCUT2D eigenvalue weighted by atomic mass is 9.75. The summed E-state index contributed by atoms with van der Waals surface area (Å²) in [5.74, 6) is 0. The summed E-state index contributed by atoms with van der Waals surface area (Å²) in [6.45, 7) is 7.15. The number of aryl methyl sites for hydroxylation is 1. The van der Waals surface area contributed by atoms with E-state index in [1.807, 2.05) is 6.92 Å². The van der Waals surface area contributed by atoms with Gasteiger partial charge in [-0.3, -0.25) is 4.79 Å². The molecule has 0 atom stereocenters. The van der Waals surface area contributed by atoms with Crippen molar-refractivity contribution in [1.82, 2.24) is 9.78 Å². The summed E-state index contributed by atoms with van der Waals surface area (Å²) in [6.07, 6.45) is 6.49. The van der Waals surface area contributed by atoms with Crippen LogP contribution in [0.2, 0.25) is 0 Å². The fraction of sp³-hybridized carbons (Fsp3) is 0.714. The lowest BCUT2D eigenvalue weighted by Gasteiger charge is -2.35. The highest BCUT2D eigenvalue weighted by molar-refractivity contribution is 9.10. The maximum atomic E-state index is 12.0. The van der Waals surface area contributed by atoms with E-state index in [-0.39, 0.29) is 5.56 Å². The van der Waals surface area contributed by atoms with E-state index in [0.717, 1.165) is 18.5 Å². The summed E-state index contributed by atoms with van der Waals surface area (Å²) in [7, 11) is 0. The monoisotopic (exact) mass is 327 g/mol. The van der Waals surface area contributed by atoms with Gasteiger partial charge >= 0.3 is 0 Å². The molecule has 1 fully saturated rings. The molecule has 1 aliphatic carbocycles. The molecule has 2 rings (SSSR count). The molecule has 1 aliphatic rings. The van der Waals surface area contributed by atoms with Gasteiger partial charge in [-0.15, -0.1) is 0 Å². The van der Waals surface area contributed by atoms with Crippen LogP contribution in [0.3, 0.4) is 0 Å². The Hall–Kier alpha value is -0.840. The first-order valence-corrected chi connectivity index (χ1v) is 7.74. The van der Waals surface area contributed by atoms with Crippen molar-refractivity contribution >= 4 is 21.6 Å². The third kappa shape index (κ3) is 3.38. The van der Waals surface area contributed by atoms with Crippen LogP contribution in [0.4, 0.5) is 5.69 Å². The van der Waals surface area contributed by atoms with Gasteiger partial charge < -0.3 is 5.32 Å². The minimum Gasteiger partial charge on any atom is -0.380 e. The zero-order valence-electron chi connectivity index (χ0n) is 11.9. The molecule has 0 bridgehead atoms. The van der Waals surface area contributed by atoms with E-state index < -0.39 is 0 Å². The Bertz CT molecular complexity index is 500. The fourth-order valence-electron chi connectivity index (χ4n) is 2.55. The van der Waals surface area contributed by atoms with Gasteiger partial charge in [-0.2, -0.15) is 5.10 Å². The summed E-state index contributed by atoms with van der Waals surface area (Å²) in [4.78, 5) is 12.0. The molecule has 0 spiro atoms. The highest BCUT2D eigenvalue weighted by Gasteiger charge is 2.27. The summed E-state index contributed by atoms with van der Waals surface area (Å²) in [6, 6.07) is 0.447. The van der Waals surface area contributed by atoms with Crippen LogP contribution in [0.25, 0.3) is 0 Å². The highest BCUT2D eigenvalue weighted by Crippen LogP contribution is 2.36. The lowest BCUT2D eigenvalue weighted by molar-refractivity contribution is 0.232. The minimum atomic E-state index is -0.0661. The van der Waals surface area contributed by atoms with Crippen molar-refractivity contribution in [3.05, 3.63) is 21.0 Å². The van der Waals surface area contributed by atoms with Gasteiger partial charge in [0.15, 0.2) is 0 Å². The average Bonchev–Trinajstić information content (AvgIpc) is 2.37. The second kappa shape index (κ2) is 5.65. The summed E-state index contributed by atoms with van der Waals surface area (Å²) in [5, 5.41) is 7.62. The smallest absolute Gasteiger partial charge is 0.283 e. The molecular weight excluding hydrogens is 306 g/mol. The Kier molecular flexibility index (Phi) is 4.33. The first kappa shape index (κ1) is 14.6. The number of aromatic nitrogens is 2. The van der Waals surface area contributed by atoms with Crippen LogP contribution in [0.1, 0.15) is 46.5 Å². The molecule has 1 saturated carbocycles. The number of nitrogens with one attached hydrogen (secondary N) is 1. The fourth-order valence-corrected chi connectivity index (χ4v) is 2.98. The van der Waals surface area contributed by atoms with Crippen LogP contribution in [-0.2, 0) is 6.54 Å². The summed E-state index contributed by atoms with van der Waals surface area (Å²) in [5.41, 5.74) is 1.21. The molecule has 0 aromatic carbocycles. The Morgan fingerprint density at radius 1 is 1.47 bits per heavy atom. The van der Waals surface area contributed by atoms with Crippen molar-refractivity contribution < 1.29 is 0 Å². The Balaban J connectivity index is 2.09. The van der Waals surface area contributed by atoms with E-state index in [9.17, 15) is 4.79 Å². The van der Waals surface area contributed by atoms with Crippen LogP contribution in [0.5, 0.6) is 0 Å². The van der Waals surface area contributed by atoms with Gasteiger partial charge in [0.05, 0.1) is 11.9 Å². The number of nitrogens with zero attached hydrogens (tertiary/aromatic N) is 2. The summed E-state index contributed by atoms with van der Waals surface area (Å²) < 4.78 is 2.05. The predicted molar refractivity (Wildman–Crippen MR) is 81.5 cm³/mol. The van der Waals surface area contributed by atoms with Crippen molar-refractivity contribution in [3.63, 3.8) is 0 Å². The van der Waals surface area contributed by atoms with E-state index in [1.54, 1.807) is 6.20 Å². The van der Waals surface area contributed by atoms with Gasteiger partial charge in [-0.1, -0.05) is 13.8 Å². The number of hydrogen-bond donors (Lipinski definition) is 1. The van der Waals surface area contributed by atoms with Crippen LogP contribution < -0.4 is 10.9 Å². The van der Waals surface area contributed by atoms with Crippen molar-refractivity contribution in [2.24, 2.45) is 5.41 Å². The molecule has 0 aliphatic heterocycles. The van der Waals surface area contributed by atoms with Crippen molar-refractivity contribution in [2.75, 3.05) is 5.32 Å². The Labute approximate surface area is 122 Å². The molecule has 4 nitrogen and oxygen atoms in total. The van der Waals surface area contributed by atoms with Gasteiger partial charge in [-0.25, -0.2) is 4.68 Å². The van der Waals surface area contributed by atoms with Crippen molar-refractivity contribution in [1.29, 1.82) is 0 Å². The second-order valence-electron chi connectivity index (χ2n) is 6.08. The third-order valence-electron chi connectivity index (χ3n) is 3.98. The number of rotatable bonds is 3. The normalized spacial score (nSPS) is 19.4. The number of halogens is 1. The minimum absolute atomic E-state index is 0.0661. The molecule has 1 heterocycles. The van der Waals surface area contributed by atoms with Gasteiger partial charge in [0, 0.05) is 12.6 Å². The van der Waals surface area contributed by atoms with Gasteiger partial charge in [0.2, 0.25) is 0 Å². The highest BCUT2D eigenvalue weighted by atomic mass is 79.9. The number of anilines is 1. The standard InChI is InChI=1S/C14H22BrN3O/c1-4-18-13(19)12(15)11(9-16-18)17-10-5-7-14(2,3)8-6-10/h9-10,17H,4-8H2,1-3H3. The molecule has 0 radical (unpaired) electrons. The zero-order chi connectivity index (χ0) is 14.0. The molecule has 0 amide bonds. The molecular formula is C14H22BrN3O. The van der Waals surface area contributed by atoms with Gasteiger partial charge in [-0.05, 0) is 54.0 Å². The second-order valence-corrected chi connectivity index (χ2v) is 6.87. The maximum absolute atomic E-state index is 12.0. The Morgan fingerprint density at radius 3 is 2.68 bits per heavy atom. The quantitative estimate of drug-likeness (QED) is 0.925. The first-order valence-electron chi connectivity index (χ1n) is 6.95. The van der Waals surface area contributed by atoms with E-state index >= 15 is 0 Å². The van der Waals surface area contributed by atoms with E-state index in [2.05, 4.69) is 40.2 Å². The topological polar surface area (TPSA) is 46.9 Å². The molecule has 1 aromatic rings. The SMILES string of the molecule is CCn1ncc(NC2CCC(C)(C)CC2)c(Br)c1=O. The molecule has 0 unspecified atom stereocenters. The molecule has 1 N–H and O–H groups in total. The van der Waals surface area contributed by atoms with E-state index in [1.165, 1.54) is 17.5 Å². The predicted octanol–water partition coefficient (Wildman–Crippen LogP) is 3.41. The average molecular weight is 328 g/mol. The van der Waals surface area contributed by atoms with Gasteiger partial charge in [0.25, 0.3) is 5.56 Å². The van der Waals surface area contributed by atoms with Crippen LogP contribution in [-0.4, -0.2) is 15.8 Å². The van der Waals surface area contributed by atoms with Crippen LogP contribution in [0.15, 0.2) is 15.5 Å². The van der Waals surface area contributed by atoms with E-state index in [4.69, 9.17) is 0 Å². The third-order valence-corrected chi connectivity index (χ3v) is 4.75. The van der Waals surface area contributed by atoms with Crippen molar-refractivity contribution in [2.45, 2.75) is 59.0 Å². The van der Waals surface area contributed by atoms with Crippen LogP contribution >= 0.6 is 15.9 Å². The molecule has 19 heavy (non-hydrogen) atoms. The Morgan fingerprint density at radius 2 is 2.11 bits per heavy atom. The largest absolute Gasteiger partial charge is 0.380 e.